The van der Waals surface area contributed by atoms with Crippen molar-refractivity contribution in [3.05, 3.63) is 41.0 Å². The SMILES string of the molecule is C=C(CC)C(=O)c1cc(C)c2c(c1)CC(OC(=O)OC)O2. The first-order valence-corrected chi connectivity index (χ1v) is 6.73. The zero-order chi connectivity index (χ0) is 15.6. The summed E-state index contributed by atoms with van der Waals surface area (Å²) in [5, 5.41) is 0. The number of carbonyl (C=O) groups excluding carboxylic acids is 2. The second-order valence-electron chi connectivity index (χ2n) is 4.89. The van der Waals surface area contributed by atoms with E-state index in [2.05, 4.69) is 11.3 Å². The molecule has 0 fully saturated rings. The number of ketones is 1. The number of hydrogen-bond acceptors (Lipinski definition) is 5. The third kappa shape index (κ3) is 3.07. The van der Waals surface area contributed by atoms with E-state index in [-0.39, 0.29) is 5.78 Å². The molecule has 5 heteroatoms. The molecule has 0 radical (unpaired) electrons. The Morgan fingerprint density at radius 3 is 2.76 bits per heavy atom. The Labute approximate surface area is 123 Å². The number of Topliss-reactive ketones (excluding diaryl/α,β-unsaturated/α-hetero) is 1. The number of carbonyl (C=O) groups is 2. The molecule has 0 N–H and O–H groups in total. The van der Waals surface area contributed by atoms with Gasteiger partial charge in [-0.2, -0.15) is 0 Å². The topological polar surface area (TPSA) is 61.8 Å². The van der Waals surface area contributed by atoms with Crippen LogP contribution in [0.25, 0.3) is 0 Å². The minimum absolute atomic E-state index is 0.0688. The van der Waals surface area contributed by atoms with Crippen molar-refractivity contribution in [3.8, 4) is 5.75 Å². The smallest absolute Gasteiger partial charge is 0.454 e. The average Bonchev–Trinajstić information content (AvgIpc) is 2.88. The fourth-order valence-corrected chi connectivity index (χ4v) is 2.24. The van der Waals surface area contributed by atoms with E-state index in [9.17, 15) is 9.59 Å². The predicted octanol–water partition coefficient (Wildman–Crippen LogP) is 3.19. The molecule has 1 aromatic rings. The molecule has 0 saturated carbocycles. The molecule has 2 rings (SSSR count). The van der Waals surface area contributed by atoms with Gasteiger partial charge in [0, 0.05) is 11.1 Å². The number of benzene rings is 1. The Hall–Kier alpha value is -2.30. The molecular formula is C16H18O5. The number of rotatable bonds is 4. The molecule has 0 aromatic heterocycles. The van der Waals surface area contributed by atoms with Gasteiger partial charge in [0.15, 0.2) is 5.78 Å². The molecule has 0 aliphatic carbocycles. The number of fused-ring (bicyclic) bond motifs is 1. The fourth-order valence-electron chi connectivity index (χ4n) is 2.24. The Morgan fingerprint density at radius 2 is 2.14 bits per heavy atom. The Morgan fingerprint density at radius 1 is 1.43 bits per heavy atom. The van der Waals surface area contributed by atoms with Crippen LogP contribution in [0, 0.1) is 6.92 Å². The van der Waals surface area contributed by atoms with Gasteiger partial charge >= 0.3 is 6.16 Å². The first-order valence-electron chi connectivity index (χ1n) is 6.73. The zero-order valence-corrected chi connectivity index (χ0v) is 12.4. The second-order valence-corrected chi connectivity index (χ2v) is 4.89. The molecule has 0 bridgehead atoms. The van der Waals surface area contributed by atoms with E-state index in [0.29, 0.717) is 29.7 Å². The third-order valence-electron chi connectivity index (χ3n) is 3.39. The van der Waals surface area contributed by atoms with Crippen molar-refractivity contribution in [2.75, 3.05) is 7.11 Å². The van der Waals surface area contributed by atoms with Gasteiger partial charge in [0.1, 0.15) is 5.75 Å². The Balaban J connectivity index is 2.23. The quantitative estimate of drug-likeness (QED) is 0.484. The van der Waals surface area contributed by atoms with E-state index in [1.807, 2.05) is 13.8 Å². The van der Waals surface area contributed by atoms with Crippen LogP contribution in [0.1, 0.15) is 34.8 Å². The Bertz CT molecular complexity index is 603. The molecule has 5 nitrogen and oxygen atoms in total. The maximum absolute atomic E-state index is 12.2. The molecular weight excluding hydrogens is 272 g/mol. The van der Waals surface area contributed by atoms with Crippen molar-refractivity contribution >= 4 is 11.9 Å². The molecule has 0 saturated heterocycles. The highest BCUT2D eigenvalue weighted by Gasteiger charge is 2.29. The van der Waals surface area contributed by atoms with Crippen LogP contribution < -0.4 is 4.74 Å². The van der Waals surface area contributed by atoms with Gasteiger partial charge in [0.2, 0.25) is 0 Å². The number of aryl methyl sites for hydroxylation is 1. The van der Waals surface area contributed by atoms with E-state index in [4.69, 9.17) is 9.47 Å². The summed E-state index contributed by atoms with van der Waals surface area (Å²) in [6, 6.07) is 3.54. The highest BCUT2D eigenvalue weighted by atomic mass is 16.8. The summed E-state index contributed by atoms with van der Waals surface area (Å²) in [4.78, 5) is 23.3. The van der Waals surface area contributed by atoms with E-state index in [0.717, 1.165) is 11.1 Å². The lowest BCUT2D eigenvalue weighted by atomic mass is 9.97. The summed E-state index contributed by atoms with van der Waals surface area (Å²) in [5.41, 5.74) is 2.82. The summed E-state index contributed by atoms with van der Waals surface area (Å²) >= 11 is 0. The van der Waals surface area contributed by atoms with Crippen LogP contribution in [0.5, 0.6) is 5.75 Å². The summed E-state index contributed by atoms with van der Waals surface area (Å²) in [7, 11) is 1.24. The molecule has 21 heavy (non-hydrogen) atoms. The molecule has 1 aliphatic heterocycles. The predicted molar refractivity (Wildman–Crippen MR) is 76.6 cm³/mol. The van der Waals surface area contributed by atoms with Gasteiger partial charge in [-0.25, -0.2) is 4.79 Å². The lowest BCUT2D eigenvalue weighted by Gasteiger charge is -2.11. The lowest BCUT2D eigenvalue weighted by molar-refractivity contribution is -0.0463. The molecule has 1 atom stereocenters. The van der Waals surface area contributed by atoms with Gasteiger partial charge in [-0.05, 0) is 36.6 Å². The first kappa shape index (κ1) is 15.1. The van der Waals surface area contributed by atoms with Crippen LogP contribution in [0.3, 0.4) is 0 Å². The van der Waals surface area contributed by atoms with Gasteiger partial charge in [0.05, 0.1) is 13.5 Å². The normalized spacial score (nSPS) is 15.9. The van der Waals surface area contributed by atoms with Gasteiger partial charge in [-0.3, -0.25) is 4.79 Å². The maximum Gasteiger partial charge on any atom is 0.511 e. The monoisotopic (exact) mass is 290 g/mol. The Kier molecular flexibility index (Phi) is 4.31. The van der Waals surface area contributed by atoms with E-state index < -0.39 is 12.4 Å². The minimum Gasteiger partial charge on any atom is -0.454 e. The van der Waals surface area contributed by atoms with Gasteiger partial charge < -0.3 is 14.2 Å². The molecule has 1 heterocycles. The fraction of sp³-hybridized carbons (Fsp3) is 0.375. The summed E-state index contributed by atoms with van der Waals surface area (Å²) < 4.78 is 15.0. The van der Waals surface area contributed by atoms with Gasteiger partial charge in [0.25, 0.3) is 6.29 Å². The highest BCUT2D eigenvalue weighted by molar-refractivity contribution is 6.08. The number of allylic oxidation sites excluding steroid dienone is 1. The van der Waals surface area contributed by atoms with Crippen molar-refractivity contribution in [1.82, 2.24) is 0 Å². The van der Waals surface area contributed by atoms with E-state index >= 15 is 0 Å². The van der Waals surface area contributed by atoms with E-state index in [1.165, 1.54) is 7.11 Å². The standard InChI is InChI=1S/C16H18O5/c1-5-9(2)14(17)11-6-10(3)15-12(7-11)8-13(20-15)21-16(18)19-4/h6-7,13H,2,5,8H2,1,3-4H3. The van der Waals surface area contributed by atoms with Crippen LogP contribution in [0.4, 0.5) is 4.79 Å². The first-order chi connectivity index (χ1) is 9.96. The number of hydrogen-bond donors (Lipinski definition) is 0. The maximum atomic E-state index is 12.2. The molecule has 1 aliphatic rings. The summed E-state index contributed by atoms with van der Waals surface area (Å²) in [6.45, 7) is 7.52. The second kappa shape index (κ2) is 5.99. The van der Waals surface area contributed by atoms with Crippen LogP contribution >= 0.6 is 0 Å². The van der Waals surface area contributed by atoms with Gasteiger partial charge in [-0.1, -0.05) is 13.5 Å². The largest absolute Gasteiger partial charge is 0.511 e. The van der Waals surface area contributed by atoms with Crippen LogP contribution in [0.2, 0.25) is 0 Å². The summed E-state index contributed by atoms with van der Waals surface area (Å²) in [6.07, 6.45) is -0.503. The minimum atomic E-state index is -0.791. The van der Waals surface area contributed by atoms with E-state index in [1.54, 1.807) is 12.1 Å². The average molecular weight is 290 g/mol. The molecule has 0 amide bonds. The number of methoxy groups -OCH3 is 1. The highest BCUT2D eigenvalue weighted by Crippen LogP contribution is 2.34. The summed E-state index contributed by atoms with van der Waals surface area (Å²) in [5.74, 6) is 0.586. The van der Waals surface area contributed by atoms with Crippen molar-refractivity contribution in [3.63, 3.8) is 0 Å². The van der Waals surface area contributed by atoms with Crippen LogP contribution in [0.15, 0.2) is 24.3 Å². The van der Waals surface area contributed by atoms with Crippen molar-refractivity contribution in [1.29, 1.82) is 0 Å². The number of ether oxygens (including phenoxy) is 3. The van der Waals surface area contributed by atoms with Crippen molar-refractivity contribution in [2.24, 2.45) is 0 Å². The van der Waals surface area contributed by atoms with Crippen LogP contribution in [-0.2, 0) is 15.9 Å². The zero-order valence-electron chi connectivity index (χ0n) is 12.4. The molecule has 1 unspecified atom stereocenters. The lowest BCUT2D eigenvalue weighted by Crippen LogP contribution is -2.21. The molecule has 112 valence electrons. The van der Waals surface area contributed by atoms with Crippen molar-refractivity contribution < 1.29 is 23.8 Å². The third-order valence-corrected chi connectivity index (χ3v) is 3.39. The van der Waals surface area contributed by atoms with Crippen molar-refractivity contribution in [2.45, 2.75) is 33.0 Å². The van der Waals surface area contributed by atoms with Crippen LogP contribution in [-0.4, -0.2) is 25.3 Å². The molecule has 0 spiro atoms. The molecule has 1 aromatic carbocycles. The van der Waals surface area contributed by atoms with Gasteiger partial charge in [-0.15, -0.1) is 0 Å².